The van der Waals surface area contributed by atoms with E-state index in [1.54, 1.807) is 36.5 Å². The lowest BCUT2D eigenvalue weighted by Crippen LogP contribution is -2.00. The smallest absolute Gasteiger partial charge is 0.337 e. The summed E-state index contributed by atoms with van der Waals surface area (Å²) >= 11 is 0. The third kappa shape index (κ3) is 3.01. The average Bonchev–Trinajstić information content (AvgIpc) is 2.42. The van der Waals surface area contributed by atoms with Crippen molar-refractivity contribution in [1.29, 1.82) is 0 Å². The number of esters is 1. The number of nitrogen functional groups attached to an aromatic ring is 1. The third-order valence-electron chi connectivity index (χ3n) is 2.51. The molecule has 5 nitrogen and oxygen atoms in total. The number of nitrogens with zero attached hydrogens (tertiary/aromatic N) is 1. The maximum Gasteiger partial charge on any atom is 0.337 e. The molecule has 0 aliphatic rings. The SMILES string of the molecule is COC(=O)c1ccc(Oc2ncc(C)cc2N)cc1. The van der Waals surface area contributed by atoms with E-state index in [0.717, 1.165) is 5.56 Å². The van der Waals surface area contributed by atoms with Gasteiger partial charge in [-0.3, -0.25) is 0 Å². The lowest BCUT2D eigenvalue weighted by molar-refractivity contribution is 0.0600. The van der Waals surface area contributed by atoms with Crippen LogP contribution in [0.4, 0.5) is 5.69 Å². The minimum Gasteiger partial charge on any atom is -0.465 e. The number of ether oxygens (including phenoxy) is 2. The first-order chi connectivity index (χ1) is 9.10. The Morgan fingerprint density at radius 3 is 2.53 bits per heavy atom. The number of benzene rings is 1. The zero-order chi connectivity index (χ0) is 13.8. The van der Waals surface area contributed by atoms with E-state index in [-0.39, 0.29) is 5.97 Å². The van der Waals surface area contributed by atoms with Gasteiger partial charge in [0.05, 0.1) is 18.4 Å². The van der Waals surface area contributed by atoms with Crippen LogP contribution < -0.4 is 10.5 Å². The first-order valence-electron chi connectivity index (χ1n) is 5.68. The predicted octanol–water partition coefficient (Wildman–Crippen LogP) is 2.55. The molecule has 98 valence electrons. The first-order valence-corrected chi connectivity index (χ1v) is 5.68. The number of hydrogen-bond donors (Lipinski definition) is 1. The van der Waals surface area contributed by atoms with Crippen LogP contribution in [0.25, 0.3) is 0 Å². The monoisotopic (exact) mass is 258 g/mol. The maximum atomic E-state index is 11.3. The Kier molecular flexibility index (Phi) is 3.66. The molecule has 19 heavy (non-hydrogen) atoms. The van der Waals surface area contributed by atoms with Crippen LogP contribution in [0.2, 0.25) is 0 Å². The molecule has 2 N–H and O–H groups in total. The van der Waals surface area contributed by atoms with Crippen molar-refractivity contribution < 1.29 is 14.3 Å². The molecule has 0 saturated heterocycles. The Hall–Kier alpha value is -2.56. The normalized spacial score (nSPS) is 10.0. The molecule has 0 bridgehead atoms. The van der Waals surface area contributed by atoms with Crippen molar-refractivity contribution >= 4 is 11.7 Å². The van der Waals surface area contributed by atoms with Gasteiger partial charge in [-0.15, -0.1) is 0 Å². The molecule has 0 atom stereocenters. The van der Waals surface area contributed by atoms with Crippen LogP contribution in [0.5, 0.6) is 11.6 Å². The molecule has 1 aromatic heterocycles. The molecular formula is C14H14N2O3. The van der Waals surface area contributed by atoms with Crippen molar-refractivity contribution in [3.8, 4) is 11.6 Å². The summed E-state index contributed by atoms with van der Waals surface area (Å²) in [4.78, 5) is 15.4. The van der Waals surface area contributed by atoms with Gasteiger partial charge < -0.3 is 15.2 Å². The van der Waals surface area contributed by atoms with Crippen LogP contribution in [0.3, 0.4) is 0 Å². The van der Waals surface area contributed by atoms with Crippen molar-refractivity contribution in [2.24, 2.45) is 0 Å². The maximum absolute atomic E-state index is 11.3. The highest BCUT2D eigenvalue weighted by molar-refractivity contribution is 5.89. The van der Waals surface area contributed by atoms with Crippen LogP contribution in [0.15, 0.2) is 36.5 Å². The van der Waals surface area contributed by atoms with Crippen molar-refractivity contribution in [3.05, 3.63) is 47.7 Å². The highest BCUT2D eigenvalue weighted by Crippen LogP contribution is 2.25. The number of nitrogens with two attached hydrogens (primary N) is 1. The number of rotatable bonds is 3. The second-order valence-corrected chi connectivity index (χ2v) is 4.03. The van der Waals surface area contributed by atoms with Gasteiger partial charge in [0.2, 0.25) is 5.88 Å². The molecule has 5 heteroatoms. The summed E-state index contributed by atoms with van der Waals surface area (Å²) < 4.78 is 10.2. The summed E-state index contributed by atoms with van der Waals surface area (Å²) in [5, 5.41) is 0. The largest absolute Gasteiger partial charge is 0.465 e. The number of anilines is 1. The quantitative estimate of drug-likeness (QED) is 0.856. The van der Waals surface area contributed by atoms with Crippen LogP contribution >= 0.6 is 0 Å². The molecule has 0 amide bonds. The topological polar surface area (TPSA) is 74.4 Å². The Bertz CT molecular complexity index is 594. The fourth-order valence-electron chi connectivity index (χ4n) is 1.55. The van der Waals surface area contributed by atoms with E-state index in [4.69, 9.17) is 10.5 Å². The molecule has 2 aromatic rings. The fraction of sp³-hybridized carbons (Fsp3) is 0.143. The highest BCUT2D eigenvalue weighted by atomic mass is 16.5. The molecule has 0 radical (unpaired) electrons. The van der Waals surface area contributed by atoms with Crippen molar-refractivity contribution in [3.63, 3.8) is 0 Å². The van der Waals surface area contributed by atoms with E-state index in [9.17, 15) is 4.79 Å². The predicted molar refractivity (Wildman–Crippen MR) is 71.2 cm³/mol. The van der Waals surface area contributed by atoms with Gasteiger partial charge in [-0.05, 0) is 42.8 Å². The second-order valence-electron chi connectivity index (χ2n) is 4.03. The van der Waals surface area contributed by atoms with Crippen LogP contribution in [-0.2, 0) is 4.74 Å². The van der Waals surface area contributed by atoms with E-state index >= 15 is 0 Å². The molecule has 0 saturated carbocycles. The summed E-state index contributed by atoms with van der Waals surface area (Å²) in [7, 11) is 1.34. The van der Waals surface area contributed by atoms with Gasteiger partial charge in [0.15, 0.2) is 0 Å². The molecule has 0 aliphatic carbocycles. The number of pyridine rings is 1. The zero-order valence-electron chi connectivity index (χ0n) is 10.7. The Labute approximate surface area is 111 Å². The van der Waals surface area contributed by atoms with Crippen LogP contribution in [0, 0.1) is 6.92 Å². The van der Waals surface area contributed by atoms with Crippen molar-refractivity contribution in [2.75, 3.05) is 12.8 Å². The number of aromatic nitrogens is 1. The third-order valence-corrected chi connectivity index (χ3v) is 2.51. The first kappa shape index (κ1) is 12.9. The molecule has 0 aliphatic heterocycles. The number of carbonyl (C=O) groups excluding carboxylic acids is 1. The minimum atomic E-state index is -0.389. The van der Waals surface area contributed by atoms with Gasteiger partial charge in [0.1, 0.15) is 5.75 Å². The van der Waals surface area contributed by atoms with Gasteiger partial charge in [-0.1, -0.05) is 0 Å². The molecule has 2 rings (SSSR count). The highest BCUT2D eigenvalue weighted by Gasteiger charge is 2.07. The average molecular weight is 258 g/mol. The lowest BCUT2D eigenvalue weighted by atomic mass is 10.2. The Balaban J connectivity index is 2.17. The van der Waals surface area contributed by atoms with Crippen molar-refractivity contribution in [2.45, 2.75) is 6.92 Å². The van der Waals surface area contributed by atoms with Gasteiger partial charge >= 0.3 is 5.97 Å². The van der Waals surface area contributed by atoms with E-state index in [1.165, 1.54) is 7.11 Å². The number of carbonyl (C=O) groups is 1. The van der Waals surface area contributed by atoms with E-state index in [0.29, 0.717) is 22.9 Å². The second kappa shape index (κ2) is 5.39. The lowest BCUT2D eigenvalue weighted by Gasteiger charge is -2.08. The van der Waals surface area contributed by atoms with Gasteiger partial charge in [0.25, 0.3) is 0 Å². The van der Waals surface area contributed by atoms with Gasteiger partial charge in [-0.2, -0.15) is 0 Å². The molecular weight excluding hydrogens is 244 g/mol. The van der Waals surface area contributed by atoms with E-state index < -0.39 is 0 Å². The molecule has 1 heterocycles. The number of hydrogen-bond acceptors (Lipinski definition) is 5. The fourth-order valence-corrected chi connectivity index (χ4v) is 1.55. The summed E-state index contributed by atoms with van der Waals surface area (Å²) in [5.74, 6) is 0.506. The molecule has 0 spiro atoms. The summed E-state index contributed by atoms with van der Waals surface area (Å²) in [5.41, 5.74) is 7.70. The van der Waals surface area contributed by atoms with Crippen molar-refractivity contribution in [1.82, 2.24) is 4.98 Å². The van der Waals surface area contributed by atoms with Gasteiger partial charge in [-0.25, -0.2) is 9.78 Å². The standard InChI is InChI=1S/C14H14N2O3/c1-9-7-12(15)13(16-8-9)19-11-5-3-10(4-6-11)14(17)18-2/h3-8H,15H2,1-2H3. The van der Waals surface area contributed by atoms with Crippen LogP contribution in [0.1, 0.15) is 15.9 Å². The molecule has 1 aromatic carbocycles. The van der Waals surface area contributed by atoms with E-state index in [1.807, 2.05) is 6.92 Å². The minimum absolute atomic E-state index is 0.344. The van der Waals surface area contributed by atoms with E-state index in [2.05, 4.69) is 9.72 Å². The Morgan fingerprint density at radius 2 is 1.95 bits per heavy atom. The summed E-state index contributed by atoms with van der Waals surface area (Å²) in [6.07, 6.45) is 1.68. The van der Waals surface area contributed by atoms with Crippen LogP contribution in [-0.4, -0.2) is 18.1 Å². The molecule has 0 unspecified atom stereocenters. The Morgan fingerprint density at radius 1 is 1.26 bits per heavy atom. The summed E-state index contributed by atoms with van der Waals surface area (Å²) in [6.45, 7) is 1.90. The van der Waals surface area contributed by atoms with Gasteiger partial charge in [0, 0.05) is 6.20 Å². The summed E-state index contributed by atoms with van der Waals surface area (Å²) in [6, 6.07) is 8.34. The zero-order valence-corrected chi connectivity index (χ0v) is 10.7. The number of aryl methyl sites for hydroxylation is 1. The number of methoxy groups -OCH3 is 1. The molecule has 0 fully saturated rings.